The van der Waals surface area contributed by atoms with Crippen molar-refractivity contribution in [1.29, 1.82) is 0 Å². The Balaban J connectivity index is 2.09. The molecule has 0 bridgehead atoms. The van der Waals surface area contributed by atoms with Crippen LogP contribution in [0.3, 0.4) is 0 Å². The maximum absolute atomic E-state index is 13.4. The van der Waals surface area contributed by atoms with Gasteiger partial charge in [-0.25, -0.2) is 4.39 Å². The first-order chi connectivity index (χ1) is 9.13. The third-order valence-corrected chi connectivity index (χ3v) is 3.61. The van der Waals surface area contributed by atoms with Crippen molar-refractivity contribution in [2.45, 2.75) is 33.4 Å². The van der Waals surface area contributed by atoms with E-state index in [2.05, 4.69) is 46.3 Å². The molecular formula is C14H17BrFN3. The molecule has 1 aromatic carbocycles. The molecule has 1 heterocycles. The van der Waals surface area contributed by atoms with Crippen LogP contribution in [0.25, 0.3) is 0 Å². The highest BCUT2D eigenvalue weighted by Gasteiger charge is 2.06. The smallest absolute Gasteiger partial charge is 0.139 e. The number of benzene rings is 1. The third kappa shape index (κ3) is 3.35. The molecule has 0 spiro atoms. The second kappa shape index (κ2) is 6.19. The van der Waals surface area contributed by atoms with Gasteiger partial charge in [0.1, 0.15) is 5.82 Å². The Kier molecular flexibility index (Phi) is 4.58. The number of hydrogen-bond donors (Lipinski definition) is 1. The van der Waals surface area contributed by atoms with Gasteiger partial charge in [0.05, 0.1) is 22.4 Å². The Morgan fingerprint density at radius 1 is 1.32 bits per heavy atom. The highest BCUT2D eigenvalue weighted by molar-refractivity contribution is 9.10. The molecule has 0 saturated carbocycles. The molecule has 0 amide bonds. The van der Waals surface area contributed by atoms with Crippen molar-refractivity contribution >= 4 is 21.6 Å². The Morgan fingerprint density at radius 3 is 2.74 bits per heavy atom. The van der Waals surface area contributed by atoms with Gasteiger partial charge < -0.3 is 5.32 Å². The summed E-state index contributed by atoms with van der Waals surface area (Å²) in [5, 5.41) is 7.71. The lowest BCUT2D eigenvalue weighted by Gasteiger charge is -2.08. The standard InChI is InChI=1S/C14H17BrFN3/c1-3-10-7-12(19(4-2)18-10)9-17-11-5-6-13(15)14(16)8-11/h5-8,17H,3-4,9H2,1-2H3. The Morgan fingerprint density at radius 2 is 2.11 bits per heavy atom. The molecule has 2 aromatic rings. The van der Waals surface area contributed by atoms with Crippen molar-refractivity contribution in [2.24, 2.45) is 0 Å². The zero-order valence-electron chi connectivity index (χ0n) is 11.1. The zero-order valence-corrected chi connectivity index (χ0v) is 12.7. The van der Waals surface area contributed by atoms with Gasteiger partial charge in [-0.05, 0) is 53.5 Å². The maximum atomic E-state index is 13.4. The molecule has 0 aliphatic rings. The lowest BCUT2D eigenvalue weighted by atomic mass is 10.3. The van der Waals surface area contributed by atoms with E-state index < -0.39 is 0 Å². The van der Waals surface area contributed by atoms with Gasteiger partial charge in [0.2, 0.25) is 0 Å². The lowest BCUT2D eigenvalue weighted by Crippen LogP contribution is -2.08. The van der Waals surface area contributed by atoms with Gasteiger partial charge in [-0.15, -0.1) is 0 Å². The number of anilines is 1. The molecule has 1 aromatic heterocycles. The predicted octanol–water partition coefficient (Wildman–Crippen LogP) is 3.98. The minimum absolute atomic E-state index is 0.261. The molecule has 3 nitrogen and oxygen atoms in total. The largest absolute Gasteiger partial charge is 0.379 e. The molecule has 102 valence electrons. The van der Waals surface area contributed by atoms with Crippen molar-refractivity contribution in [2.75, 3.05) is 5.32 Å². The summed E-state index contributed by atoms with van der Waals surface area (Å²) >= 11 is 3.14. The summed E-state index contributed by atoms with van der Waals surface area (Å²) in [5.41, 5.74) is 2.96. The van der Waals surface area contributed by atoms with Crippen LogP contribution in [0.5, 0.6) is 0 Å². The van der Waals surface area contributed by atoms with E-state index in [9.17, 15) is 4.39 Å². The topological polar surface area (TPSA) is 29.9 Å². The second-order valence-electron chi connectivity index (χ2n) is 4.28. The molecule has 2 rings (SSSR count). The SMILES string of the molecule is CCc1cc(CNc2ccc(Br)c(F)c2)n(CC)n1. The Bertz CT molecular complexity index is 566. The van der Waals surface area contributed by atoms with E-state index in [1.807, 2.05) is 10.7 Å². The minimum atomic E-state index is -0.261. The first kappa shape index (κ1) is 14.1. The van der Waals surface area contributed by atoms with Crippen molar-refractivity contribution in [1.82, 2.24) is 9.78 Å². The van der Waals surface area contributed by atoms with E-state index in [1.165, 1.54) is 6.07 Å². The van der Waals surface area contributed by atoms with E-state index in [0.717, 1.165) is 30.0 Å². The fourth-order valence-electron chi connectivity index (χ4n) is 1.90. The normalized spacial score (nSPS) is 10.7. The van der Waals surface area contributed by atoms with Crippen LogP contribution in [-0.4, -0.2) is 9.78 Å². The molecule has 5 heteroatoms. The lowest BCUT2D eigenvalue weighted by molar-refractivity contribution is 0.616. The Hall–Kier alpha value is -1.36. The number of aromatic nitrogens is 2. The predicted molar refractivity (Wildman–Crippen MR) is 78.7 cm³/mol. The summed E-state index contributed by atoms with van der Waals surface area (Å²) in [7, 11) is 0. The van der Waals surface area contributed by atoms with E-state index in [4.69, 9.17) is 0 Å². The van der Waals surface area contributed by atoms with Crippen LogP contribution < -0.4 is 5.32 Å². The van der Waals surface area contributed by atoms with Crippen LogP contribution in [-0.2, 0) is 19.5 Å². The number of halogens is 2. The highest BCUT2D eigenvalue weighted by Crippen LogP contribution is 2.20. The van der Waals surface area contributed by atoms with Crippen LogP contribution in [0.1, 0.15) is 25.2 Å². The van der Waals surface area contributed by atoms with Crippen molar-refractivity contribution in [3.63, 3.8) is 0 Å². The van der Waals surface area contributed by atoms with Crippen LogP contribution in [0.2, 0.25) is 0 Å². The fourth-order valence-corrected chi connectivity index (χ4v) is 2.15. The third-order valence-electron chi connectivity index (χ3n) is 2.97. The van der Waals surface area contributed by atoms with Gasteiger partial charge in [0, 0.05) is 12.2 Å². The van der Waals surface area contributed by atoms with Crippen LogP contribution in [0.15, 0.2) is 28.7 Å². The summed E-state index contributed by atoms with van der Waals surface area (Å²) in [4.78, 5) is 0. The molecular weight excluding hydrogens is 309 g/mol. The van der Waals surface area contributed by atoms with Gasteiger partial charge in [0.15, 0.2) is 0 Å². The molecule has 0 atom stereocenters. The van der Waals surface area contributed by atoms with E-state index in [1.54, 1.807) is 6.07 Å². The number of nitrogens with zero attached hydrogens (tertiary/aromatic N) is 2. The number of nitrogens with one attached hydrogen (secondary N) is 1. The van der Waals surface area contributed by atoms with Crippen LogP contribution in [0.4, 0.5) is 10.1 Å². The van der Waals surface area contributed by atoms with Crippen LogP contribution in [0, 0.1) is 5.82 Å². The Labute approximate surface area is 121 Å². The monoisotopic (exact) mass is 325 g/mol. The molecule has 19 heavy (non-hydrogen) atoms. The molecule has 0 saturated heterocycles. The summed E-state index contributed by atoms with van der Waals surface area (Å²) in [6.45, 7) is 5.63. The average molecular weight is 326 g/mol. The fraction of sp³-hybridized carbons (Fsp3) is 0.357. The van der Waals surface area contributed by atoms with E-state index in [0.29, 0.717) is 11.0 Å². The highest BCUT2D eigenvalue weighted by atomic mass is 79.9. The molecule has 0 aliphatic heterocycles. The van der Waals surface area contributed by atoms with Crippen molar-refractivity contribution < 1.29 is 4.39 Å². The van der Waals surface area contributed by atoms with Gasteiger partial charge >= 0.3 is 0 Å². The van der Waals surface area contributed by atoms with Crippen LogP contribution >= 0.6 is 15.9 Å². The average Bonchev–Trinajstić information content (AvgIpc) is 2.82. The van der Waals surface area contributed by atoms with E-state index in [-0.39, 0.29) is 5.82 Å². The van der Waals surface area contributed by atoms with Gasteiger partial charge in [0.25, 0.3) is 0 Å². The van der Waals surface area contributed by atoms with E-state index >= 15 is 0 Å². The zero-order chi connectivity index (χ0) is 13.8. The number of rotatable bonds is 5. The second-order valence-corrected chi connectivity index (χ2v) is 5.13. The summed E-state index contributed by atoms with van der Waals surface area (Å²) in [5.74, 6) is -0.261. The molecule has 1 N–H and O–H groups in total. The first-order valence-electron chi connectivity index (χ1n) is 6.38. The first-order valence-corrected chi connectivity index (χ1v) is 7.17. The number of aryl methyl sites for hydroxylation is 2. The van der Waals surface area contributed by atoms with Crippen molar-refractivity contribution in [3.05, 3.63) is 45.9 Å². The van der Waals surface area contributed by atoms with Gasteiger partial charge in [-0.2, -0.15) is 5.10 Å². The van der Waals surface area contributed by atoms with Crippen molar-refractivity contribution in [3.8, 4) is 0 Å². The molecule has 0 radical (unpaired) electrons. The summed E-state index contributed by atoms with van der Waals surface area (Å²) in [6, 6.07) is 7.12. The maximum Gasteiger partial charge on any atom is 0.139 e. The summed E-state index contributed by atoms with van der Waals surface area (Å²) in [6.07, 6.45) is 0.924. The van der Waals surface area contributed by atoms with Gasteiger partial charge in [-0.3, -0.25) is 4.68 Å². The molecule has 0 fully saturated rings. The molecule has 0 unspecified atom stereocenters. The minimum Gasteiger partial charge on any atom is -0.379 e. The van der Waals surface area contributed by atoms with Gasteiger partial charge in [-0.1, -0.05) is 6.92 Å². The quantitative estimate of drug-likeness (QED) is 0.901. The molecule has 0 aliphatic carbocycles. The summed E-state index contributed by atoms with van der Waals surface area (Å²) < 4.78 is 15.9. The number of hydrogen-bond acceptors (Lipinski definition) is 2.